The van der Waals surface area contributed by atoms with E-state index < -0.39 is 53.4 Å². The molecule has 1 spiro atoms. The van der Waals surface area contributed by atoms with Gasteiger partial charge < -0.3 is 25.0 Å². The van der Waals surface area contributed by atoms with Gasteiger partial charge >= 0.3 is 11.9 Å². The number of anilines is 1. The molecular formula is C35H30N2O7. The van der Waals surface area contributed by atoms with E-state index >= 15 is 0 Å². The lowest BCUT2D eigenvalue weighted by molar-refractivity contribution is -0.179. The Morgan fingerprint density at radius 2 is 1.48 bits per heavy atom. The number of nitrogens with zero attached hydrogens (tertiary/aromatic N) is 1. The molecule has 9 nitrogen and oxygen atoms in total. The molecule has 0 radical (unpaired) electrons. The first-order valence-electron chi connectivity index (χ1n) is 14.5. The molecule has 9 heteroatoms. The lowest BCUT2D eigenvalue weighted by Crippen LogP contribution is -2.52. The summed E-state index contributed by atoms with van der Waals surface area (Å²) >= 11 is 0. The number of para-hydroxylation sites is 2. The van der Waals surface area contributed by atoms with Crippen molar-refractivity contribution < 1.29 is 34.1 Å². The van der Waals surface area contributed by atoms with Crippen LogP contribution in [0.1, 0.15) is 40.4 Å². The van der Waals surface area contributed by atoms with Crippen molar-refractivity contribution in [2.45, 2.75) is 29.6 Å². The van der Waals surface area contributed by atoms with Gasteiger partial charge in [0.1, 0.15) is 35.8 Å². The highest BCUT2D eigenvalue weighted by atomic mass is 16.6. The largest absolute Gasteiger partial charge is 0.491 e. The van der Waals surface area contributed by atoms with Crippen molar-refractivity contribution in [2.24, 2.45) is 5.92 Å². The fraction of sp³-hybridized carbons (Fsp3) is 0.229. The number of amides is 1. The summed E-state index contributed by atoms with van der Waals surface area (Å²) in [5.41, 5.74) is 1.31. The van der Waals surface area contributed by atoms with Crippen LogP contribution in [-0.2, 0) is 24.5 Å². The third kappa shape index (κ3) is 4.04. The average molecular weight is 591 g/mol. The molecule has 0 saturated carbocycles. The van der Waals surface area contributed by atoms with Gasteiger partial charge in [0.25, 0.3) is 0 Å². The number of carbonyl (C=O) groups is 3. The number of esters is 1. The number of carboxylic acid groups (broad SMARTS) is 1. The third-order valence-electron chi connectivity index (χ3n) is 9.04. The van der Waals surface area contributed by atoms with Crippen molar-refractivity contribution >= 4 is 23.5 Å². The third-order valence-corrected chi connectivity index (χ3v) is 9.04. The Morgan fingerprint density at radius 1 is 0.841 bits per heavy atom. The number of carboxylic acids is 1. The highest BCUT2D eigenvalue weighted by Gasteiger charge is 2.74. The van der Waals surface area contributed by atoms with Gasteiger partial charge in [0.2, 0.25) is 5.91 Å². The van der Waals surface area contributed by atoms with Gasteiger partial charge in [-0.15, -0.1) is 0 Å². The van der Waals surface area contributed by atoms with Crippen molar-refractivity contribution in [1.29, 1.82) is 0 Å². The number of rotatable bonds is 7. The summed E-state index contributed by atoms with van der Waals surface area (Å²) in [6.45, 7) is -0.255. The van der Waals surface area contributed by atoms with Crippen LogP contribution in [0, 0.1) is 5.92 Å². The molecule has 3 N–H and O–H groups in total. The maximum absolute atomic E-state index is 14.5. The lowest BCUT2D eigenvalue weighted by atomic mass is 9.65. The zero-order chi connectivity index (χ0) is 30.4. The number of nitrogens with one attached hydrogen (secondary N) is 1. The number of benzene rings is 4. The second kappa shape index (κ2) is 10.9. The Balaban J connectivity index is 1.57. The van der Waals surface area contributed by atoms with Crippen molar-refractivity contribution in [2.75, 3.05) is 18.5 Å². The second-order valence-electron chi connectivity index (χ2n) is 11.2. The molecule has 4 aromatic carbocycles. The molecule has 2 fully saturated rings. The van der Waals surface area contributed by atoms with E-state index in [1.165, 1.54) is 0 Å². The van der Waals surface area contributed by atoms with E-state index in [1.54, 1.807) is 48.5 Å². The topological polar surface area (TPSA) is 125 Å². The molecule has 6 atom stereocenters. The van der Waals surface area contributed by atoms with Crippen molar-refractivity contribution in [1.82, 2.24) is 4.90 Å². The van der Waals surface area contributed by atoms with Crippen LogP contribution in [0.4, 0.5) is 5.69 Å². The van der Waals surface area contributed by atoms with Crippen LogP contribution < -0.4 is 10.1 Å². The van der Waals surface area contributed by atoms with Gasteiger partial charge in [0.05, 0.1) is 18.7 Å². The predicted molar refractivity (Wildman–Crippen MR) is 160 cm³/mol. The maximum Gasteiger partial charge on any atom is 0.325 e. The monoisotopic (exact) mass is 590 g/mol. The van der Waals surface area contributed by atoms with Gasteiger partial charge in [0.15, 0.2) is 0 Å². The first-order valence-corrected chi connectivity index (χ1v) is 14.5. The number of aliphatic carboxylic acids is 1. The SMILES string of the molecule is O=C1O[C@@H](c2ccccc2)[C@@H](c2ccccc2)N2[C@@H](c3ccccc3OCCO)[C@]3(C(=O)Nc4ccccc43)[C@@H](C(=O)O)[C@H]12. The van der Waals surface area contributed by atoms with Gasteiger partial charge in [-0.3, -0.25) is 19.3 Å². The lowest BCUT2D eigenvalue weighted by Gasteiger charge is -2.46. The Morgan fingerprint density at radius 3 is 2.18 bits per heavy atom. The van der Waals surface area contributed by atoms with Crippen LogP contribution in [0.2, 0.25) is 0 Å². The number of aliphatic hydroxyl groups excluding tert-OH is 1. The molecule has 2 saturated heterocycles. The highest BCUT2D eigenvalue weighted by Crippen LogP contribution is 2.65. The van der Waals surface area contributed by atoms with E-state index in [0.29, 0.717) is 22.6 Å². The van der Waals surface area contributed by atoms with Crippen molar-refractivity contribution in [3.63, 3.8) is 0 Å². The van der Waals surface area contributed by atoms with Crippen LogP contribution >= 0.6 is 0 Å². The molecule has 0 aliphatic carbocycles. The Hall–Kier alpha value is -4.99. The number of hydrogen-bond donors (Lipinski definition) is 3. The Kier molecular flexibility index (Phi) is 6.91. The molecule has 0 bridgehead atoms. The number of fused-ring (bicyclic) bond motifs is 3. The molecule has 0 aromatic heterocycles. The van der Waals surface area contributed by atoms with Crippen molar-refractivity contribution in [3.05, 3.63) is 131 Å². The average Bonchev–Trinajstić information content (AvgIpc) is 3.53. The summed E-state index contributed by atoms with van der Waals surface area (Å²) in [6, 6.07) is 30.0. The quantitative estimate of drug-likeness (QED) is 0.270. The van der Waals surface area contributed by atoms with Crippen molar-refractivity contribution in [3.8, 4) is 5.75 Å². The van der Waals surface area contributed by atoms with Gasteiger partial charge in [-0.1, -0.05) is 97.1 Å². The summed E-state index contributed by atoms with van der Waals surface area (Å²) in [4.78, 5) is 44.1. The van der Waals surface area contributed by atoms with Gasteiger partial charge in [-0.2, -0.15) is 0 Å². The van der Waals surface area contributed by atoms with Gasteiger partial charge in [-0.05, 0) is 28.8 Å². The summed E-state index contributed by atoms with van der Waals surface area (Å²) in [5.74, 6) is -3.64. The van der Waals surface area contributed by atoms with E-state index in [1.807, 2.05) is 65.6 Å². The molecule has 3 aliphatic heterocycles. The molecule has 0 unspecified atom stereocenters. The summed E-state index contributed by atoms with van der Waals surface area (Å²) in [6.07, 6.45) is -0.806. The number of aliphatic hydroxyl groups is 1. The summed E-state index contributed by atoms with van der Waals surface area (Å²) < 4.78 is 12.2. The van der Waals surface area contributed by atoms with Gasteiger partial charge in [-0.25, -0.2) is 0 Å². The summed E-state index contributed by atoms with van der Waals surface area (Å²) in [5, 5.41) is 23.5. The van der Waals surface area contributed by atoms with E-state index in [2.05, 4.69) is 5.32 Å². The Labute approximate surface area is 253 Å². The van der Waals surface area contributed by atoms with Crippen LogP contribution in [0.5, 0.6) is 5.75 Å². The first-order chi connectivity index (χ1) is 21.5. The van der Waals surface area contributed by atoms with Crippen LogP contribution in [-0.4, -0.2) is 52.2 Å². The second-order valence-corrected chi connectivity index (χ2v) is 11.2. The minimum atomic E-state index is -1.73. The fourth-order valence-electron chi connectivity index (χ4n) is 7.49. The van der Waals surface area contributed by atoms with Crippen LogP contribution in [0.25, 0.3) is 0 Å². The van der Waals surface area contributed by atoms with E-state index in [-0.39, 0.29) is 13.2 Å². The molecule has 3 aliphatic rings. The number of cyclic esters (lactones) is 1. The number of ether oxygens (including phenoxy) is 2. The molecule has 4 aromatic rings. The molecule has 222 valence electrons. The molecule has 1 amide bonds. The predicted octanol–water partition coefficient (Wildman–Crippen LogP) is 4.41. The Bertz CT molecular complexity index is 1730. The smallest absolute Gasteiger partial charge is 0.325 e. The van der Waals surface area contributed by atoms with E-state index in [0.717, 1.165) is 11.1 Å². The van der Waals surface area contributed by atoms with E-state index in [9.17, 15) is 24.6 Å². The van der Waals surface area contributed by atoms with Crippen LogP contribution in [0.3, 0.4) is 0 Å². The zero-order valence-corrected chi connectivity index (χ0v) is 23.6. The number of carbonyl (C=O) groups excluding carboxylic acids is 2. The normalized spacial score (nSPS) is 27.3. The molecule has 7 rings (SSSR count). The molecule has 3 heterocycles. The maximum atomic E-state index is 14.5. The number of hydrogen-bond acceptors (Lipinski definition) is 7. The van der Waals surface area contributed by atoms with Gasteiger partial charge in [0, 0.05) is 11.3 Å². The van der Waals surface area contributed by atoms with Crippen LogP contribution in [0.15, 0.2) is 109 Å². The molecule has 44 heavy (non-hydrogen) atoms. The summed E-state index contributed by atoms with van der Waals surface area (Å²) in [7, 11) is 0. The van der Waals surface area contributed by atoms with E-state index in [4.69, 9.17) is 9.47 Å². The fourth-order valence-corrected chi connectivity index (χ4v) is 7.49. The standard InChI is InChI=1S/C35H30N2O7/c38-19-20-43-26-18-10-7-15-23(26)31-35(24-16-8-9-17-25(24)36-34(35)42)27(32(39)40)29-33(41)44-30(22-13-5-2-6-14-22)28(37(29)31)21-11-3-1-4-12-21/h1-18,27-31,38H,19-20H2,(H,36,42)(H,39,40)/t27-,28-,29-,30+,31+,35-/m1/s1. The first kappa shape index (κ1) is 27.8. The number of morpholine rings is 1. The molecular weight excluding hydrogens is 560 g/mol. The zero-order valence-electron chi connectivity index (χ0n) is 23.6. The highest BCUT2D eigenvalue weighted by molar-refractivity contribution is 6.11. The minimum absolute atomic E-state index is 0.0118. The minimum Gasteiger partial charge on any atom is -0.491 e.